The standard InChI is InChI=1S/C31H32F3N5O3.CH3F/c1-21-15-25(17-27(16-21)31(32,33)34)22(2)42-20-30(26-11-7-4-8-12-26)14-13-24(28-35-37-38-36-28)18-39(30)29(40)41-19-23-9-5-3-6-10-23;1-2/h3-12,15-17,22,24H,13-14,18-20H2,1-2H3,(H,35,36,37,38);1H3/t22-,24?,30-;/m1./s1/i;1D. The minimum absolute atomic E-state index is 0.0346. The van der Waals surface area contributed by atoms with Crippen LogP contribution in [0.25, 0.3) is 0 Å². The number of nitrogens with zero attached hydrogens (tertiary/aromatic N) is 4. The number of aryl methyl sites for hydroxylation is 1. The second-order valence-corrected chi connectivity index (χ2v) is 10.6. The van der Waals surface area contributed by atoms with E-state index in [9.17, 15) is 22.4 Å². The van der Waals surface area contributed by atoms with Crippen LogP contribution in [0.1, 0.15) is 66.8 Å². The zero-order valence-corrected chi connectivity index (χ0v) is 24.4. The summed E-state index contributed by atoms with van der Waals surface area (Å²) in [6, 6.07) is 22.8. The van der Waals surface area contributed by atoms with Crippen molar-refractivity contribution in [1.82, 2.24) is 25.5 Å². The molecule has 3 atom stereocenters. The van der Waals surface area contributed by atoms with Crippen LogP contribution in [-0.4, -0.2) is 51.9 Å². The molecule has 5 rings (SSSR count). The number of likely N-dealkylation sites (tertiary alicyclic amines) is 1. The summed E-state index contributed by atoms with van der Waals surface area (Å²) >= 11 is 0. The Kier molecular flexibility index (Phi) is 10.2. The van der Waals surface area contributed by atoms with Crippen molar-refractivity contribution in [3.63, 3.8) is 0 Å². The Labute approximate surface area is 254 Å². The van der Waals surface area contributed by atoms with Crippen LogP contribution < -0.4 is 0 Å². The number of H-pyrrole nitrogens is 1. The highest BCUT2D eigenvalue weighted by Gasteiger charge is 2.48. The number of tetrazole rings is 1. The minimum atomic E-state index is -4.47. The molecule has 3 aromatic carbocycles. The number of benzene rings is 3. The molecule has 1 amide bonds. The highest BCUT2D eigenvalue weighted by Crippen LogP contribution is 2.43. The van der Waals surface area contributed by atoms with Crippen molar-refractivity contribution in [3.8, 4) is 0 Å². The molecule has 2 heterocycles. The van der Waals surface area contributed by atoms with E-state index in [1.165, 1.54) is 0 Å². The molecule has 12 heteroatoms. The van der Waals surface area contributed by atoms with Gasteiger partial charge in [-0.3, -0.25) is 9.29 Å². The number of halogens is 4. The summed E-state index contributed by atoms with van der Waals surface area (Å²) in [5, 5.41) is 14.5. The van der Waals surface area contributed by atoms with Crippen molar-refractivity contribution in [1.29, 1.82) is 0 Å². The molecule has 1 unspecified atom stereocenters. The zero-order chi connectivity index (χ0) is 32.5. The number of ether oxygens (including phenoxy) is 2. The lowest BCUT2D eigenvalue weighted by Crippen LogP contribution is -2.57. The van der Waals surface area contributed by atoms with Gasteiger partial charge in [-0.1, -0.05) is 77.5 Å². The molecule has 1 aromatic heterocycles. The van der Waals surface area contributed by atoms with Gasteiger partial charge in [-0.05, 0) is 55.5 Å². The Morgan fingerprint density at radius 2 is 1.82 bits per heavy atom. The molecule has 1 fully saturated rings. The van der Waals surface area contributed by atoms with E-state index in [1.54, 1.807) is 24.8 Å². The molecule has 8 nitrogen and oxygen atoms in total. The summed E-state index contributed by atoms with van der Waals surface area (Å²) in [5.41, 5.74) is 0.884. The second-order valence-electron chi connectivity index (χ2n) is 10.6. The molecular formula is C32H35F4N5O3. The van der Waals surface area contributed by atoms with Gasteiger partial charge < -0.3 is 9.47 Å². The first-order chi connectivity index (χ1) is 21.6. The maximum absolute atomic E-state index is 13.8. The van der Waals surface area contributed by atoms with Crippen molar-refractivity contribution >= 4 is 6.09 Å². The molecule has 1 aliphatic heterocycles. The minimum Gasteiger partial charge on any atom is -0.445 e. The smallest absolute Gasteiger partial charge is 0.416 e. The van der Waals surface area contributed by atoms with E-state index in [-0.39, 0.29) is 25.7 Å². The molecule has 234 valence electrons. The number of hydrogen-bond acceptors (Lipinski definition) is 6. The largest absolute Gasteiger partial charge is 0.445 e. The summed E-state index contributed by atoms with van der Waals surface area (Å²) in [7, 11) is -1.00. The van der Waals surface area contributed by atoms with Crippen molar-refractivity contribution in [2.45, 2.75) is 57.0 Å². The number of aromatic amines is 1. The van der Waals surface area contributed by atoms with Crippen molar-refractivity contribution < 1.29 is 33.2 Å². The van der Waals surface area contributed by atoms with Gasteiger partial charge in [-0.2, -0.15) is 18.4 Å². The number of carbonyl (C=O) groups excluding carboxylic acids is 1. The van der Waals surface area contributed by atoms with Crippen LogP contribution >= 0.6 is 0 Å². The first kappa shape index (κ1) is 31.1. The molecule has 4 aromatic rings. The van der Waals surface area contributed by atoms with E-state index in [4.69, 9.17) is 10.8 Å². The summed E-state index contributed by atoms with van der Waals surface area (Å²) in [6.45, 7) is 3.70. The molecule has 0 saturated carbocycles. The number of nitrogens with one attached hydrogen (secondary N) is 1. The highest BCUT2D eigenvalue weighted by molar-refractivity contribution is 5.70. The summed E-state index contributed by atoms with van der Waals surface area (Å²) in [5.74, 6) is 0.291. The van der Waals surface area contributed by atoms with Gasteiger partial charge in [0, 0.05) is 12.5 Å². The molecule has 0 bridgehead atoms. The topological polar surface area (TPSA) is 93.2 Å². The average Bonchev–Trinajstić information content (AvgIpc) is 3.58. The van der Waals surface area contributed by atoms with Gasteiger partial charge in [0.1, 0.15) is 6.61 Å². The van der Waals surface area contributed by atoms with Crippen LogP contribution in [0.15, 0.2) is 78.9 Å². The Bertz CT molecular complexity index is 1500. The third-order valence-corrected chi connectivity index (χ3v) is 7.76. The van der Waals surface area contributed by atoms with Crippen molar-refractivity contribution in [3.05, 3.63) is 113 Å². The predicted molar refractivity (Wildman–Crippen MR) is 155 cm³/mol. The lowest BCUT2D eigenvalue weighted by molar-refractivity contribution is -0.137. The zero-order valence-electron chi connectivity index (χ0n) is 25.4. The van der Waals surface area contributed by atoms with E-state index in [0.717, 1.165) is 23.3 Å². The SMILES string of the molecule is Cc1cc([C@@H](C)OC[C@@]2(c3ccccc3)CCC(c3nn[nH]n3)CN2C(=O)OCc2ccccc2)cc(C(F)(F)F)c1.[2H]CF. The van der Waals surface area contributed by atoms with E-state index >= 15 is 0 Å². The quantitative estimate of drug-likeness (QED) is 0.209. The maximum Gasteiger partial charge on any atom is 0.416 e. The fourth-order valence-electron chi connectivity index (χ4n) is 5.49. The number of piperidine rings is 1. The molecule has 0 aliphatic carbocycles. The molecule has 1 aliphatic rings. The lowest BCUT2D eigenvalue weighted by atomic mass is 9.77. The first-order valence-corrected chi connectivity index (χ1v) is 14.0. The fourth-order valence-corrected chi connectivity index (χ4v) is 5.49. The first-order valence-electron chi connectivity index (χ1n) is 14.7. The van der Waals surface area contributed by atoms with Crippen molar-refractivity contribution in [2.24, 2.45) is 0 Å². The Hall–Kier alpha value is -4.32. The number of carbonyl (C=O) groups is 1. The van der Waals surface area contributed by atoms with Crippen LogP contribution in [0.5, 0.6) is 0 Å². The van der Waals surface area contributed by atoms with Crippen LogP contribution in [0.3, 0.4) is 0 Å². The number of hydrogen-bond donors (Lipinski definition) is 1. The lowest BCUT2D eigenvalue weighted by Gasteiger charge is -2.48. The predicted octanol–water partition coefficient (Wildman–Crippen LogP) is 7.30. The van der Waals surface area contributed by atoms with Gasteiger partial charge in [0.25, 0.3) is 0 Å². The average molecular weight is 615 g/mol. The van der Waals surface area contributed by atoms with E-state index < -0.39 is 36.6 Å². The molecule has 1 N–H and O–H groups in total. The second kappa shape index (κ2) is 14.4. The summed E-state index contributed by atoms with van der Waals surface area (Å²) < 4.78 is 68.3. The third-order valence-electron chi connectivity index (χ3n) is 7.76. The highest BCUT2D eigenvalue weighted by atomic mass is 19.4. The van der Waals surface area contributed by atoms with Gasteiger partial charge in [0.05, 0.1) is 32.3 Å². The Morgan fingerprint density at radius 1 is 1.14 bits per heavy atom. The van der Waals surface area contributed by atoms with Crippen LogP contribution in [-0.2, 0) is 27.8 Å². The van der Waals surface area contributed by atoms with Gasteiger partial charge in [-0.25, -0.2) is 4.79 Å². The van der Waals surface area contributed by atoms with E-state index in [1.807, 2.05) is 60.7 Å². The van der Waals surface area contributed by atoms with Crippen LogP contribution in [0.2, 0.25) is 0 Å². The number of amides is 1. The van der Waals surface area contributed by atoms with E-state index in [0.29, 0.717) is 29.8 Å². The van der Waals surface area contributed by atoms with Gasteiger partial charge in [0.15, 0.2) is 5.82 Å². The molecule has 0 spiro atoms. The molecule has 1 saturated heterocycles. The Morgan fingerprint density at radius 3 is 2.45 bits per heavy atom. The summed E-state index contributed by atoms with van der Waals surface area (Å²) in [6.07, 6.45) is -4.59. The van der Waals surface area contributed by atoms with Gasteiger partial charge in [0.2, 0.25) is 0 Å². The number of alkyl halides is 4. The Balaban J connectivity index is 0.00000148. The van der Waals surface area contributed by atoms with Crippen molar-refractivity contribution in [2.75, 3.05) is 20.3 Å². The number of rotatable bonds is 8. The summed E-state index contributed by atoms with van der Waals surface area (Å²) in [4.78, 5) is 15.5. The van der Waals surface area contributed by atoms with Crippen LogP contribution in [0, 0.1) is 6.92 Å². The normalized spacial score (nSPS) is 19.4. The third kappa shape index (κ3) is 7.60. The maximum atomic E-state index is 13.8. The monoisotopic (exact) mass is 614 g/mol. The molecular weight excluding hydrogens is 578 g/mol. The van der Waals surface area contributed by atoms with Gasteiger partial charge >= 0.3 is 12.3 Å². The van der Waals surface area contributed by atoms with Crippen LogP contribution in [0.4, 0.5) is 22.4 Å². The van der Waals surface area contributed by atoms with E-state index in [2.05, 4.69) is 20.6 Å². The molecule has 0 radical (unpaired) electrons. The fraction of sp³-hybridized carbons (Fsp3) is 0.375. The molecule has 44 heavy (non-hydrogen) atoms. The van der Waals surface area contributed by atoms with Gasteiger partial charge in [-0.15, -0.1) is 10.2 Å². The number of aromatic nitrogens is 4.